The first-order valence-corrected chi connectivity index (χ1v) is 13.8. The molecule has 0 aromatic carbocycles. The van der Waals surface area contributed by atoms with E-state index in [2.05, 4.69) is 27.7 Å². The van der Waals surface area contributed by atoms with E-state index in [0.717, 1.165) is 0 Å². The topological polar surface area (TPSA) is 120 Å². The molecule has 0 saturated heterocycles. The van der Waals surface area contributed by atoms with E-state index in [1.807, 2.05) is 27.7 Å². The Bertz CT molecular complexity index is 429. The summed E-state index contributed by atoms with van der Waals surface area (Å²) in [7, 11) is -4.63. The van der Waals surface area contributed by atoms with Crippen LogP contribution in [0.5, 0.6) is 0 Å². The largest absolute Gasteiger partial charge is 0.437 e. The molecule has 6 atom stereocenters. The Hall–Kier alpha value is 0.154. The van der Waals surface area contributed by atoms with Crippen molar-refractivity contribution in [3.8, 4) is 0 Å². The Balaban J connectivity index is 3.28. The molecule has 9 heteroatoms. The first kappa shape index (κ1) is 25.2. The molecular weight excluding hydrogens is 384 g/mol. The second kappa shape index (κ2) is 9.77. The maximum absolute atomic E-state index is 10.4. The van der Waals surface area contributed by atoms with Crippen molar-refractivity contribution < 1.29 is 34.1 Å². The minimum absolute atomic E-state index is 0.0329. The van der Waals surface area contributed by atoms with Crippen molar-refractivity contribution >= 4 is 17.6 Å². The van der Waals surface area contributed by atoms with Gasteiger partial charge in [0.1, 0.15) is 36.6 Å². The minimum atomic E-state index is -2.95. The quantitative estimate of drug-likeness (QED) is 0.369. The van der Waals surface area contributed by atoms with Crippen molar-refractivity contribution in [2.45, 2.75) is 114 Å². The number of hydrogen-bond acceptors (Lipinski definition) is 7. The fourth-order valence-corrected chi connectivity index (χ4v) is 14.4. The van der Waals surface area contributed by atoms with Gasteiger partial charge in [0, 0.05) is 0 Å². The summed E-state index contributed by atoms with van der Waals surface area (Å²) in [6, 6.07) is 0. The summed E-state index contributed by atoms with van der Waals surface area (Å²) in [4.78, 5) is 0. The molecule has 1 aliphatic rings. The van der Waals surface area contributed by atoms with Crippen LogP contribution in [0.4, 0.5) is 0 Å². The first-order chi connectivity index (χ1) is 12.3. The molecule has 0 radical (unpaired) electrons. The van der Waals surface area contributed by atoms with E-state index in [-0.39, 0.29) is 11.1 Å². The predicted octanol–water partition coefficient (Wildman–Crippen LogP) is 1.01. The normalized spacial score (nSPS) is 33.1. The maximum Gasteiger partial charge on any atom is 0.333 e. The maximum atomic E-state index is 10.4. The van der Waals surface area contributed by atoms with Gasteiger partial charge < -0.3 is 34.1 Å². The van der Waals surface area contributed by atoms with Crippen molar-refractivity contribution in [1.82, 2.24) is 0 Å². The number of aliphatic hydroxyl groups is 5. The summed E-state index contributed by atoms with van der Waals surface area (Å²) in [5.74, 6) is 0. The van der Waals surface area contributed by atoms with Crippen LogP contribution < -0.4 is 0 Å². The number of rotatable bonds is 8. The van der Waals surface area contributed by atoms with Gasteiger partial charge in [-0.15, -0.1) is 0 Å². The molecule has 1 saturated carbocycles. The molecular formula is C18H40O7Si2. The zero-order valence-electron chi connectivity index (χ0n) is 17.9. The van der Waals surface area contributed by atoms with E-state index in [9.17, 15) is 25.5 Å². The van der Waals surface area contributed by atoms with E-state index < -0.39 is 54.2 Å². The van der Waals surface area contributed by atoms with Gasteiger partial charge in [-0.05, 0) is 22.2 Å². The lowest BCUT2D eigenvalue weighted by molar-refractivity contribution is -0.221. The van der Waals surface area contributed by atoms with E-state index in [4.69, 9.17) is 8.54 Å². The third kappa shape index (κ3) is 5.20. The average molecular weight is 425 g/mol. The average Bonchev–Trinajstić information content (AvgIpc) is 2.56. The van der Waals surface area contributed by atoms with E-state index in [1.165, 1.54) is 0 Å². The molecule has 27 heavy (non-hydrogen) atoms. The van der Waals surface area contributed by atoms with Gasteiger partial charge >= 0.3 is 8.56 Å². The number of aliphatic hydroxyl groups excluding tert-OH is 5. The van der Waals surface area contributed by atoms with Crippen LogP contribution in [0.2, 0.25) is 22.2 Å². The van der Waals surface area contributed by atoms with Gasteiger partial charge in [-0.1, -0.05) is 55.4 Å². The molecule has 162 valence electrons. The van der Waals surface area contributed by atoms with E-state index >= 15 is 0 Å². The fraction of sp³-hybridized carbons (Fsp3) is 1.00. The van der Waals surface area contributed by atoms with Crippen LogP contribution >= 0.6 is 0 Å². The molecule has 0 aromatic rings. The van der Waals surface area contributed by atoms with Gasteiger partial charge in [0.25, 0.3) is 0 Å². The second-order valence-corrected chi connectivity index (χ2v) is 17.7. The Morgan fingerprint density at radius 2 is 0.963 bits per heavy atom. The van der Waals surface area contributed by atoms with Gasteiger partial charge in [-0.3, -0.25) is 0 Å². The third-order valence-corrected chi connectivity index (χ3v) is 14.7. The standard InChI is InChI=1S/C18H40O7Si2/c1-9(2)26(10(3)4)25-27(11(5)6,12(7)8)24-18-16(22)14(20)13(19)15(21)17(18)23/h9-23,26H,1-8H3/t13?,14-,15-,16-,17+,18?/m1/s1. The highest BCUT2D eigenvalue weighted by atomic mass is 28.4. The molecule has 1 aliphatic carbocycles. The van der Waals surface area contributed by atoms with E-state index in [1.54, 1.807) is 0 Å². The highest BCUT2D eigenvalue weighted by Gasteiger charge is 2.55. The Morgan fingerprint density at radius 1 is 0.630 bits per heavy atom. The number of hydrogen-bond donors (Lipinski definition) is 5. The Kier molecular flexibility index (Phi) is 9.12. The molecule has 0 spiro atoms. The van der Waals surface area contributed by atoms with Gasteiger partial charge in [-0.2, -0.15) is 0 Å². The first-order valence-electron chi connectivity index (χ1n) is 10.0. The molecule has 7 nitrogen and oxygen atoms in total. The van der Waals surface area contributed by atoms with Crippen molar-refractivity contribution in [3.05, 3.63) is 0 Å². The van der Waals surface area contributed by atoms with Gasteiger partial charge in [0.2, 0.25) is 0 Å². The summed E-state index contributed by atoms with van der Waals surface area (Å²) in [5.41, 5.74) is 0.838. The van der Waals surface area contributed by atoms with Crippen molar-refractivity contribution in [2.24, 2.45) is 0 Å². The lowest BCUT2D eigenvalue weighted by Gasteiger charge is -2.49. The van der Waals surface area contributed by atoms with Crippen LogP contribution in [0.25, 0.3) is 0 Å². The van der Waals surface area contributed by atoms with Crippen molar-refractivity contribution in [2.75, 3.05) is 0 Å². The van der Waals surface area contributed by atoms with Crippen LogP contribution in [-0.2, 0) is 8.54 Å². The zero-order chi connectivity index (χ0) is 21.3. The molecule has 5 N–H and O–H groups in total. The lowest BCUT2D eigenvalue weighted by atomic mass is 9.85. The highest BCUT2D eigenvalue weighted by molar-refractivity contribution is 6.78. The van der Waals surface area contributed by atoms with Crippen LogP contribution in [0.15, 0.2) is 0 Å². The monoisotopic (exact) mass is 424 g/mol. The van der Waals surface area contributed by atoms with Crippen molar-refractivity contribution in [3.63, 3.8) is 0 Å². The summed E-state index contributed by atoms with van der Waals surface area (Å²) in [5, 5.41) is 50.9. The van der Waals surface area contributed by atoms with E-state index in [0.29, 0.717) is 11.1 Å². The van der Waals surface area contributed by atoms with Crippen LogP contribution in [-0.4, -0.2) is 79.8 Å². The van der Waals surface area contributed by atoms with Crippen molar-refractivity contribution in [1.29, 1.82) is 0 Å². The molecule has 0 amide bonds. The SMILES string of the molecule is CC(C)[SiH](O[Si](OC1[C@@H](O)[C@H](O)C(O)[C@@H](O)[C@H]1O)(C(C)C)C(C)C)C(C)C. The molecule has 0 bridgehead atoms. The Labute approximate surface area is 166 Å². The molecule has 0 aliphatic heterocycles. The summed E-state index contributed by atoms with van der Waals surface area (Å²) in [6.45, 7) is 16.6. The fourth-order valence-electron chi connectivity index (χ4n) is 4.04. The second-order valence-electron chi connectivity index (χ2n) is 9.14. The zero-order valence-corrected chi connectivity index (χ0v) is 20.1. The highest BCUT2D eigenvalue weighted by Crippen LogP contribution is 2.41. The van der Waals surface area contributed by atoms with Crippen LogP contribution in [0.1, 0.15) is 55.4 Å². The van der Waals surface area contributed by atoms with Gasteiger partial charge in [0.05, 0.1) is 0 Å². The molecule has 1 fully saturated rings. The van der Waals surface area contributed by atoms with Crippen LogP contribution in [0, 0.1) is 0 Å². The lowest BCUT2D eigenvalue weighted by Crippen LogP contribution is -2.68. The third-order valence-electron chi connectivity index (χ3n) is 5.64. The smallest absolute Gasteiger partial charge is 0.333 e. The van der Waals surface area contributed by atoms with Gasteiger partial charge in [-0.25, -0.2) is 0 Å². The molecule has 0 heterocycles. The van der Waals surface area contributed by atoms with Crippen LogP contribution in [0.3, 0.4) is 0 Å². The summed E-state index contributed by atoms with van der Waals surface area (Å²) < 4.78 is 13.2. The minimum Gasteiger partial charge on any atom is -0.437 e. The summed E-state index contributed by atoms with van der Waals surface area (Å²) >= 11 is 0. The van der Waals surface area contributed by atoms with Gasteiger partial charge in [0.15, 0.2) is 9.04 Å². The predicted molar refractivity (Wildman–Crippen MR) is 109 cm³/mol. The molecule has 1 rings (SSSR count). The Morgan fingerprint density at radius 3 is 1.26 bits per heavy atom. The molecule has 2 unspecified atom stereocenters. The summed E-state index contributed by atoms with van der Waals surface area (Å²) in [6.07, 6.45) is -9.05. The molecule has 0 aromatic heterocycles.